The molecule has 2 amide bonds. The number of hydrogen-bond acceptors (Lipinski definition) is 4. The molecule has 180 valence electrons. The average Bonchev–Trinajstić information content (AvgIpc) is 2.80. The van der Waals surface area contributed by atoms with Crippen molar-refractivity contribution in [2.75, 3.05) is 13.1 Å². The maximum Gasteiger partial charge on any atom is 0.261 e. The van der Waals surface area contributed by atoms with E-state index in [9.17, 15) is 14.7 Å². The first-order valence-electron chi connectivity index (χ1n) is 11.9. The molecule has 0 radical (unpaired) electrons. The number of fused-ring (bicyclic) bond motifs is 1. The highest BCUT2D eigenvalue weighted by Gasteiger charge is 2.38. The number of carbonyl (C=O) groups excluding carboxylic acids is 2. The Bertz CT molecular complexity index is 1060. The summed E-state index contributed by atoms with van der Waals surface area (Å²) in [7, 11) is 0. The lowest BCUT2D eigenvalue weighted by Gasteiger charge is -2.42. The topological polar surface area (TPSA) is 78.9 Å². The van der Waals surface area contributed by atoms with Crippen LogP contribution in [0.4, 0.5) is 0 Å². The van der Waals surface area contributed by atoms with Gasteiger partial charge >= 0.3 is 0 Å². The molecular formula is C26H28Cl2N2O4. The second-order valence-electron chi connectivity index (χ2n) is 9.59. The number of halogens is 2. The number of rotatable bonds is 4. The third-order valence-corrected chi connectivity index (χ3v) is 7.77. The second kappa shape index (κ2) is 9.76. The fourth-order valence-electron chi connectivity index (χ4n) is 5.22. The zero-order valence-corrected chi connectivity index (χ0v) is 20.3. The van der Waals surface area contributed by atoms with E-state index in [2.05, 4.69) is 5.32 Å². The van der Waals surface area contributed by atoms with E-state index in [1.807, 2.05) is 29.2 Å². The molecule has 2 aromatic rings. The lowest BCUT2D eigenvalue weighted by atomic mass is 9.83. The van der Waals surface area contributed by atoms with Crippen molar-refractivity contribution >= 4 is 35.0 Å². The Morgan fingerprint density at radius 3 is 2.35 bits per heavy atom. The van der Waals surface area contributed by atoms with E-state index in [4.69, 9.17) is 27.9 Å². The van der Waals surface area contributed by atoms with Gasteiger partial charge in [-0.3, -0.25) is 9.59 Å². The van der Waals surface area contributed by atoms with Gasteiger partial charge in [-0.05, 0) is 61.6 Å². The fraction of sp³-hybridized carbons (Fsp3) is 0.462. The maximum atomic E-state index is 12.9. The number of nitrogens with zero attached hydrogens (tertiary/aromatic N) is 1. The lowest BCUT2D eigenvalue weighted by molar-refractivity contribution is -0.141. The van der Waals surface area contributed by atoms with Crippen LogP contribution in [0.3, 0.4) is 0 Å². The highest BCUT2D eigenvalue weighted by Crippen LogP contribution is 2.37. The minimum absolute atomic E-state index is 0.0158. The molecule has 2 heterocycles. The first-order chi connectivity index (χ1) is 16.4. The van der Waals surface area contributed by atoms with E-state index < -0.39 is 12.2 Å². The van der Waals surface area contributed by atoms with Gasteiger partial charge in [-0.1, -0.05) is 35.3 Å². The average molecular weight is 503 g/mol. The zero-order chi connectivity index (χ0) is 23.8. The molecular weight excluding hydrogens is 475 g/mol. The fourth-order valence-corrected chi connectivity index (χ4v) is 5.53. The summed E-state index contributed by atoms with van der Waals surface area (Å²) in [5.74, 6) is 0.892. The first-order valence-corrected chi connectivity index (χ1v) is 12.6. The number of benzene rings is 2. The molecule has 2 aliphatic heterocycles. The minimum atomic E-state index is -0.792. The molecule has 2 aromatic carbocycles. The normalized spacial score (nSPS) is 26.7. The van der Waals surface area contributed by atoms with Crippen molar-refractivity contribution in [3.8, 4) is 5.75 Å². The van der Waals surface area contributed by atoms with Gasteiger partial charge in [-0.25, -0.2) is 0 Å². The number of aliphatic hydroxyl groups is 1. The van der Waals surface area contributed by atoms with Crippen molar-refractivity contribution in [2.24, 2.45) is 5.92 Å². The van der Waals surface area contributed by atoms with Crippen LogP contribution in [0.1, 0.15) is 55.3 Å². The van der Waals surface area contributed by atoms with Gasteiger partial charge in [-0.2, -0.15) is 0 Å². The molecule has 3 aliphatic rings. The molecule has 0 unspecified atom stereocenters. The Kier molecular flexibility index (Phi) is 6.74. The maximum absolute atomic E-state index is 12.9. The van der Waals surface area contributed by atoms with Crippen LogP contribution in [-0.2, 0) is 9.59 Å². The van der Waals surface area contributed by atoms with Crippen LogP contribution in [0.2, 0.25) is 10.0 Å². The van der Waals surface area contributed by atoms with Crippen molar-refractivity contribution in [1.82, 2.24) is 10.2 Å². The van der Waals surface area contributed by atoms with Crippen LogP contribution in [0.5, 0.6) is 5.75 Å². The van der Waals surface area contributed by atoms with Crippen LogP contribution < -0.4 is 10.1 Å². The molecule has 2 N–H and O–H groups in total. The highest BCUT2D eigenvalue weighted by molar-refractivity contribution is 6.30. The molecule has 2 fully saturated rings. The van der Waals surface area contributed by atoms with Crippen LogP contribution in [0.15, 0.2) is 42.5 Å². The van der Waals surface area contributed by atoms with Gasteiger partial charge in [0.25, 0.3) is 5.91 Å². The molecule has 6 nitrogen and oxygen atoms in total. The van der Waals surface area contributed by atoms with E-state index in [1.54, 1.807) is 18.2 Å². The Morgan fingerprint density at radius 1 is 0.971 bits per heavy atom. The third kappa shape index (κ3) is 4.90. The first kappa shape index (κ1) is 23.5. The Labute approximate surface area is 209 Å². The predicted molar refractivity (Wildman–Crippen MR) is 130 cm³/mol. The Hall–Kier alpha value is -2.28. The van der Waals surface area contributed by atoms with Crippen molar-refractivity contribution in [3.05, 3.63) is 63.6 Å². The summed E-state index contributed by atoms with van der Waals surface area (Å²) in [4.78, 5) is 27.7. The van der Waals surface area contributed by atoms with Crippen molar-refractivity contribution in [3.63, 3.8) is 0 Å². The Balaban J connectivity index is 1.08. The summed E-state index contributed by atoms with van der Waals surface area (Å²) >= 11 is 12.0. The number of hydrogen-bond donors (Lipinski definition) is 2. The summed E-state index contributed by atoms with van der Waals surface area (Å²) in [6.45, 7) is 1.51. The number of aliphatic hydroxyl groups excluding tert-OH is 1. The van der Waals surface area contributed by atoms with Crippen molar-refractivity contribution in [1.29, 1.82) is 0 Å². The van der Waals surface area contributed by atoms with E-state index in [-0.39, 0.29) is 30.2 Å². The molecule has 8 heteroatoms. The minimum Gasteiger partial charge on any atom is -0.480 e. The molecule has 0 aromatic heterocycles. The molecule has 5 rings (SSSR count). The second-order valence-corrected chi connectivity index (χ2v) is 10.5. The van der Waals surface area contributed by atoms with Gasteiger partial charge in [0.15, 0.2) is 6.10 Å². The number of ether oxygens (including phenoxy) is 1. The molecule has 0 bridgehead atoms. The Morgan fingerprint density at radius 2 is 1.65 bits per heavy atom. The lowest BCUT2D eigenvalue weighted by Crippen LogP contribution is -2.52. The summed E-state index contributed by atoms with van der Waals surface area (Å²) < 4.78 is 5.83. The number of amides is 2. The SMILES string of the molecule is O=C(N[C@H]1CC[C@H](C(=O)N2CC(c3ccc(Cl)cc3)C2)CC1)[C@@H]1C[C@@H](O)c2cc(Cl)ccc2O1. The van der Waals surface area contributed by atoms with Crippen LogP contribution in [-0.4, -0.2) is 47.1 Å². The van der Waals surface area contributed by atoms with E-state index >= 15 is 0 Å². The summed E-state index contributed by atoms with van der Waals surface area (Å²) in [6, 6.07) is 12.9. The highest BCUT2D eigenvalue weighted by atomic mass is 35.5. The predicted octanol–water partition coefficient (Wildman–Crippen LogP) is 4.48. The molecule has 1 saturated carbocycles. The summed E-state index contributed by atoms with van der Waals surface area (Å²) in [5.41, 5.74) is 1.83. The molecule has 0 spiro atoms. The summed E-state index contributed by atoms with van der Waals surface area (Å²) in [5, 5.41) is 14.7. The number of likely N-dealkylation sites (tertiary alicyclic amines) is 1. The van der Waals surface area contributed by atoms with Gasteiger partial charge in [0, 0.05) is 53.0 Å². The molecule has 1 aliphatic carbocycles. The molecule has 34 heavy (non-hydrogen) atoms. The third-order valence-electron chi connectivity index (χ3n) is 7.29. The van der Waals surface area contributed by atoms with Gasteiger partial charge in [-0.15, -0.1) is 0 Å². The molecule has 2 atom stereocenters. The van der Waals surface area contributed by atoms with E-state index in [1.165, 1.54) is 5.56 Å². The van der Waals surface area contributed by atoms with Gasteiger partial charge in [0.2, 0.25) is 5.91 Å². The smallest absolute Gasteiger partial charge is 0.261 e. The summed E-state index contributed by atoms with van der Waals surface area (Å²) in [6.07, 6.45) is 1.71. The van der Waals surface area contributed by atoms with Crippen LogP contribution in [0.25, 0.3) is 0 Å². The molecule has 1 saturated heterocycles. The van der Waals surface area contributed by atoms with Gasteiger partial charge in [0.05, 0.1) is 6.10 Å². The monoisotopic (exact) mass is 502 g/mol. The largest absolute Gasteiger partial charge is 0.480 e. The number of carbonyl (C=O) groups is 2. The standard InChI is InChI=1S/C26H28Cl2N2O4/c27-18-5-1-15(2-6-18)17-13-30(14-17)26(33)16-3-8-20(9-4-16)29-25(32)24-12-22(31)21-11-19(28)7-10-23(21)34-24/h1-2,5-7,10-11,16-17,20,22,24,31H,3-4,8-9,12-14H2,(H,29,32)/t16-,20-,22-,24+/m1/s1. The zero-order valence-electron chi connectivity index (χ0n) is 18.8. The quantitative estimate of drug-likeness (QED) is 0.645. The van der Waals surface area contributed by atoms with Gasteiger partial charge < -0.3 is 20.1 Å². The number of nitrogens with one attached hydrogen (secondary N) is 1. The van der Waals surface area contributed by atoms with Gasteiger partial charge in [0.1, 0.15) is 5.75 Å². The van der Waals surface area contributed by atoms with E-state index in [0.717, 1.165) is 43.8 Å². The van der Waals surface area contributed by atoms with Crippen molar-refractivity contribution < 1.29 is 19.4 Å². The van der Waals surface area contributed by atoms with E-state index in [0.29, 0.717) is 22.3 Å². The van der Waals surface area contributed by atoms with Crippen LogP contribution >= 0.6 is 23.2 Å². The van der Waals surface area contributed by atoms with Crippen molar-refractivity contribution in [2.45, 2.75) is 56.3 Å². The van der Waals surface area contributed by atoms with Crippen LogP contribution in [0, 0.1) is 5.92 Å².